The molecule has 2 aromatic carbocycles. The lowest BCUT2D eigenvalue weighted by Crippen LogP contribution is -2.49. The highest BCUT2D eigenvalue weighted by Gasteiger charge is 2.53. The van der Waals surface area contributed by atoms with Gasteiger partial charge in [-0.3, -0.25) is 0 Å². The first-order valence-corrected chi connectivity index (χ1v) is 14.6. The number of ether oxygens (including phenoxy) is 4. The Bertz CT molecular complexity index is 1330. The highest BCUT2D eigenvalue weighted by atomic mass is 32.1. The molecule has 0 saturated carbocycles. The van der Waals surface area contributed by atoms with Crippen LogP contribution in [0.15, 0.2) is 24.3 Å². The van der Waals surface area contributed by atoms with Gasteiger partial charge in [0.15, 0.2) is 0 Å². The van der Waals surface area contributed by atoms with Crippen LogP contribution in [-0.4, -0.2) is 36.6 Å². The number of rotatable bonds is 10. The Morgan fingerprint density at radius 3 is 1.73 bits per heavy atom. The molecule has 0 N–H and O–H groups in total. The van der Waals surface area contributed by atoms with Gasteiger partial charge in [0, 0.05) is 25.6 Å². The van der Waals surface area contributed by atoms with Crippen molar-refractivity contribution in [1.29, 1.82) is 0 Å². The molecule has 2 aliphatic rings. The Hall–Kier alpha value is -1.82. The summed E-state index contributed by atoms with van der Waals surface area (Å²) in [5, 5.41) is 2.46. The second-order valence-electron chi connectivity index (χ2n) is 13.4. The molecule has 1 aromatic heterocycles. The predicted molar refractivity (Wildman–Crippen MR) is 154 cm³/mol. The summed E-state index contributed by atoms with van der Waals surface area (Å²) in [6, 6.07) is 9.04. The van der Waals surface area contributed by atoms with Crippen LogP contribution in [0.2, 0.25) is 0 Å². The maximum Gasteiger partial charge on any atom is 0.123 e. The topological polar surface area (TPSA) is 43.5 Å². The molecule has 5 rings (SSSR count). The van der Waals surface area contributed by atoms with Gasteiger partial charge in [-0.2, -0.15) is 0 Å². The van der Waals surface area contributed by atoms with E-state index < -0.39 is 0 Å². The van der Waals surface area contributed by atoms with E-state index in [1.54, 1.807) is 0 Å². The van der Waals surface area contributed by atoms with Crippen molar-refractivity contribution in [2.45, 2.75) is 105 Å². The summed E-state index contributed by atoms with van der Waals surface area (Å²) >= 11 is 1.84. The zero-order valence-corrected chi connectivity index (χ0v) is 25.2. The van der Waals surface area contributed by atoms with E-state index >= 15 is 0 Å². The minimum Gasteiger partial charge on any atom is -0.488 e. The third-order valence-corrected chi connectivity index (χ3v) is 10.2. The molecule has 0 amide bonds. The molecule has 0 aliphatic carbocycles. The molecule has 202 valence electrons. The first-order chi connectivity index (χ1) is 17.2. The van der Waals surface area contributed by atoms with Gasteiger partial charge >= 0.3 is 0 Å². The number of benzene rings is 2. The third kappa shape index (κ3) is 4.99. The SMILES string of the molecule is CCC(C)(C1CO1)C(C)(C)Oc1cc2c(cc1C)sc1cc(C)c(OC(C)(C)CC(C)(C)C3CO3)cc12. The molecular formula is C32H44O4S. The fourth-order valence-electron chi connectivity index (χ4n) is 6.14. The summed E-state index contributed by atoms with van der Waals surface area (Å²) in [6.07, 6.45) is 2.54. The van der Waals surface area contributed by atoms with Crippen LogP contribution < -0.4 is 9.47 Å². The summed E-state index contributed by atoms with van der Waals surface area (Å²) in [7, 11) is 0. The minimum atomic E-state index is -0.361. The largest absolute Gasteiger partial charge is 0.488 e. The van der Waals surface area contributed by atoms with Crippen molar-refractivity contribution in [3.8, 4) is 11.5 Å². The van der Waals surface area contributed by atoms with Gasteiger partial charge in [0.05, 0.1) is 25.4 Å². The van der Waals surface area contributed by atoms with Crippen LogP contribution in [0.5, 0.6) is 11.5 Å². The monoisotopic (exact) mass is 524 g/mol. The molecule has 4 nitrogen and oxygen atoms in total. The van der Waals surface area contributed by atoms with Crippen molar-refractivity contribution < 1.29 is 18.9 Å². The second-order valence-corrected chi connectivity index (χ2v) is 14.5. The molecule has 0 spiro atoms. The van der Waals surface area contributed by atoms with E-state index in [2.05, 4.69) is 93.5 Å². The quantitative estimate of drug-likeness (QED) is 0.249. The highest BCUT2D eigenvalue weighted by Crippen LogP contribution is 2.48. The molecule has 2 fully saturated rings. The minimum absolute atomic E-state index is 0.0475. The van der Waals surface area contributed by atoms with E-state index in [1.807, 2.05) is 11.3 Å². The lowest BCUT2D eigenvalue weighted by Gasteiger charge is -2.43. The summed E-state index contributed by atoms with van der Waals surface area (Å²) in [5.74, 6) is 1.91. The van der Waals surface area contributed by atoms with Crippen LogP contribution in [0.3, 0.4) is 0 Å². The van der Waals surface area contributed by atoms with Crippen molar-refractivity contribution in [3.63, 3.8) is 0 Å². The fourth-order valence-corrected chi connectivity index (χ4v) is 7.41. The Kier molecular flexibility index (Phi) is 6.41. The van der Waals surface area contributed by atoms with Gasteiger partial charge in [-0.15, -0.1) is 11.3 Å². The fraction of sp³-hybridized carbons (Fsp3) is 0.625. The van der Waals surface area contributed by atoms with Gasteiger partial charge in [0.25, 0.3) is 0 Å². The molecule has 5 heteroatoms. The Morgan fingerprint density at radius 1 is 0.784 bits per heavy atom. The predicted octanol–water partition coefficient (Wildman–Crippen LogP) is 8.62. The zero-order chi connectivity index (χ0) is 27.0. The Balaban J connectivity index is 1.49. The standard InChI is InChI=1S/C32H44O4S/c1-11-32(10,28-17-34-28)31(8,9)36-24-15-22-21-14-23(19(2)12-25(21)37-26(22)13-20(24)3)35-30(6,7)18-29(4,5)27-16-33-27/h12-15,27-28H,11,16-18H2,1-10H3. The maximum atomic E-state index is 6.82. The number of fused-ring (bicyclic) bond motifs is 3. The second kappa shape index (κ2) is 8.86. The van der Waals surface area contributed by atoms with Crippen LogP contribution in [0.4, 0.5) is 0 Å². The van der Waals surface area contributed by atoms with Gasteiger partial charge in [0.1, 0.15) is 22.7 Å². The lowest BCUT2D eigenvalue weighted by molar-refractivity contribution is -0.0415. The Labute approximate surface area is 226 Å². The van der Waals surface area contributed by atoms with Crippen LogP contribution in [0, 0.1) is 24.7 Å². The smallest absolute Gasteiger partial charge is 0.123 e. The summed E-state index contributed by atoms with van der Waals surface area (Å²) < 4.78 is 27.4. The van der Waals surface area contributed by atoms with Crippen molar-refractivity contribution in [1.82, 2.24) is 0 Å². The van der Waals surface area contributed by atoms with E-state index in [0.29, 0.717) is 6.10 Å². The van der Waals surface area contributed by atoms with E-state index in [4.69, 9.17) is 18.9 Å². The van der Waals surface area contributed by atoms with E-state index in [-0.39, 0.29) is 28.1 Å². The zero-order valence-electron chi connectivity index (χ0n) is 24.3. The molecule has 3 heterocycles. The van der Waals surface area contributed by atoms with Gasteiger partial charge in [-0.25, -0.2) is 0 Å². The van der Waals surface area contributed by atoms with Crippen LogP contribution >= 0.6 is 11.3 Å². The molecular weight excluding hydrogens is 480 g/mol. The van der Waals surface area contributed by atoms with Gasteiger partial charge in [-0.1, -0.05) is 27.7 Å². The van der Waals surface area contributed by atoms with Crippen molar-refractivity contribution in [2.75, 3.05) is 13.2 Å². The summed E-state index contributed by atoms with van der Waals surface area (Å²) in [5.41, 5.74) is 1.72. The molecule has 0 bridgehead atoms. The number of epoxide rings is 2. The lowest BCUT2D eigenvalue weighted by atomic mass is 9.70. The normalized spacial score (nSPS) is 21.8. The molecule has 3 unspecified atom stereocenters. The van der Waals surface area contributed by atoms with Crippen LogP contribution in [-0.2, 0) is 9.47 Å². The number of thiophene rings is 1. The number of hydrogen-bond donors (Lipinski definition) is 0. The van der Waals surface area contributed by atoms with Crippen LogP contribution in [0.1, 0.15) is 79.4 Å². The van der Waals surface area contributed by atoms with Crippen molar-refractivity contribution in [3.05, 3.63) is 35.4 Å². The van der Waals surface area contributed by atoms with Crippen LogP contribution in [0.25, 0.3) is 20.2 Å². The molecule has 2 saturated heterocycles. The Morgan fingerprint density at radius 2 is 1.27 bits per heavy atom. The molecule has 2 aliphatic heterocycles. The molecule has 0 radical (unpaired) electrons. The van der Waals surface area contributed by atoms with E-state index in [1.165, 1.54) is 31.3 Å². The van der Waals surface area contributed by atoms with Gasteiger partial charge in [0.2, 0.25) is 0 Å². The number of aryl methyl sites for hydroxylation is 2. The number of hydrogen-bond acceptors (Lipinski definition) is 5. The highest BCUT2D eigenvalue weighted by molar-refractivity contribution is 7.25. The van der Waals surface area contributed by atoms with Gasteiger partial charge in [-0.05, 0) is 95.2 Å². The maximum absolute atomic E-state index is 6.82. The van der Waals surface area contributed by atoms with Gasteiger partial charge < -0.3 is 18.9 Å². The molecule has 3 aromatic rings. The van der Waals surface area contributed by atoms with Crippen molar-refractivity contribution >= 4 is 31.5 Å². The summed E-state index contributed by atoms with van der Waals surface area (Å²) in [6.45, 7) is 23.9. The first-order valence-electron chi connectivity index (χ1n) is 13.7. The van der Waals surface area contributed by atoms with E-state index in [0.717, 1.165) is 37.6 Å². The van der Waals surface area contributed by atoms with E-state index in [9.17, 15) is 0 Å². The third-order valence-electron chi connectivity index (χ3n) is 9.06. The first kappa shape index (κ1) is 26.8. The molecule has 37 heavy (non-hydrogen) atoms. The summed E-state index contributed by atoms with van der Waals surface area (Å²) in [4.78, 5) is 0. The average Bonchev–Trinajstić information content (AvgIpc) is 3.68. The average molecular weight is 525 g/mol. The van der Waals surface area contributed by atoms with Crippen molar-refractivity contribution in [2.24, 2.45) is 10.8 Å². The molecule has 3 atom stereocenters.